The fourth-order valence-electron chi connectivity index (χ4n) is 3.13. The minimum atomic E-state index is -5.02. The molecule has 2 atom stereocenters. The van der Waals surface area contributed by atoms with Crippen LogP contribution in [0.1, 0.15) is 25.2 Å². The van der Waals surface area contributed by atoms with Crippen LogP contribution in [0.15, 0.2) is 16.7 Å². The third-order valence-electron chi connectivity index (χ3n) is 5.22. The molecule has 9 N–H and O–H groups in total. The normalized spacial score (nSPS) is 17.9. The van der Waals surface area contributed by atoms with E-state index in [1.54, 1.807) is 0 Å². The number of hydrogen-bond donors (Lipinski definition) is 6. The molecule has 1 aliphatic rings. The second-order valence-corrected chi connectivity index (χ2v) is 10.7. The molecular weight excluding hydrogens is 564 g/mol. The first kappa shape index (κ1) is 29.3. The quantitative estimate of drug-likeness (QED) is 0.0595. The molecule has 1 saturated heterocycles. The predicted octanol–water partition coefficient (Wildman–Crippen LogP) is -4.04. The molecule has 1 fully saturated rings. The Labute approximate surface area is 224 Å². The number of nitrogens with two attached hydrogens (primary N) is 1. The van der Waals surface area contributed by atoms with Crippen LogP contribution in [0.4, 0.5) is 5.13 Å². The zero-order valence-electron chi connectivity index (χ0n) is 20.5. The number of aromatic nitrogens is 4. The largest absolute Gasteiger partial charge is 0.478 e. The van der Waals surface area contributed by atoms with Gasteiger partial charge in [0.25, 0.3) is 17.7 Å². The molecule has 2 aromatic heterocycles. The highest BCUT2D eigenvalue weighted by Crippen LogP contribution is 2.25. The Morgan fingerprint density at radius 3 is 2.62 bits per heavy atom. The minimum absolute atomic E-state index is 0.000645. The lowest BCUT2D eigenvalue weighted by Gasteiger charge is -2.43. The Hall–Kier alpha value is -4.21. The smallest absolute Gasteiger partial charge is 0.362 e. The second-order valence-electron chi connectivity index (χ2n) is 8.51. The van der Waals surface area contributed by atoms with Crippen molar-refractivity contribution in [3.8, 4) is 0 Å². The third kappa shape index (κ3) is 6.81. The van der Waals surface area contributed by atoms with Crippen LogP contribution in [0.2, 0.25) is 0 Å². The van der Waals surface area contributed by atoms with E-state index in [0.29, 0.717) is 5.69 Å². The Kier molecular flexibility index (Phi) is 8.48. The summed E-state index contributed by atoms with van der Waals surface area (Å²) in [6, 6.07) is -2.84. The number of rotatable bonds is 12. The van der Waals surface area contributed by atoms with Gasteiger partial charge in [0.2, 0.25) is 5.60 Å². The third-order valence-corrected chi connectivity index (χ3v) is 6.84. The zero-order valence-corrected chi connectivity index (χ0v) is 22.1. The molecule has 3 rings (SSSR count). The first-order valence-corrected chi connectivity index (χ1v) is 13.2. The summed E-state index contributed by atoms with van der Waals surface area (Å²) in [6.07, 6.45) is 1.36. The molecule has 0 aromatic carbocycles. The van der Waals surface area contributed by atoms with Crippen molar-refractivity contribution < 1.29 is 47.8 Å². The number of oxime groups is 1. The number of carbonyl (C=O) groups excluding carboxylic acids is 3. The van der Waals surface area contributed by atoms with Crippen LogP contribution >= 0.6 is 11.3 Å². The lowest BCUT2D eigenvalue weighted by molar-refractivity contribution is -0.355. The highest BCUT2D eigenvalue weighted by molar-refractivity contribution is 7.84. The summed E-state index contributed by atoms with van der Waals surface area (Å²) in [7, 11) is -5.02. The van der Waals surface area contributed by atoms with Crippen molar-refractivity contribution in [2.24, 2.45) is 5.16 Å². The summed E-state index contributed by atoms with van der Waals surface area (Å²) in [5, 5.41) is 26.7. The molecule has 0 bridgehead atoms. The van der Waals surface area contributed by atoms with Gasteiger partial charge in [-0.15, -0.1) is 16.4 Å². The standard InChI is InChI=1S/C18H24N10O9S2/c1-18(2,16(32)33)37-25-12(9-7-38-17(20)22-9)14(30)23-13-10(28(15(13)31)39(34,35)36)6-27-5-8(24-26-27)4-21-11(29)3-19/h5,7,10,13H,3-4,6,19H2,1-2H3,(H2,20,22)(H,21,29)(H,23,30)(H,32,33)(H,34,35,36)/p+1. The molecular formula is C18H25N10O9S2+. The van der Waals surface area contributed by atoms with Crippen LogP contribution in [-0.4, -0.2) is 96.0 Å². The van der Waals surface area contributed by atoms with Crippen molar-refractivity contribution >= 4 is 56.2 Å². The van der Waals surface area contributed by atoms with Crippen LogP contribution < -0.4 is 22.1 Å². The number of β-lactam (4-membered cyclic amide) rings is 1. The number of amides is 3. The van der Waals surface area contributed by atoms with Gasteiger partial charge in [-0.25, -0.2) is 18.8 Å². The lowest BCUT2D eigenvalue weighted by Crippen LogP contribution is -2.73. The van der Waals surface area contributed by atoms with Gasteiger partial charge in [0, 0.05) is 5.38 Å². The summed E-state index contributed by atoms with van der Waals surface area (Å²) in [6.45, 7) is 2.02. The van der Waals surface area contributed by atoms with Crippen LogP contribution in [0, 0.1) is 0 Å². The highest BCUT2D eigenvalue weighted by Gasteiger charge is 2.54. The van der Waals surface area contributed by atoms with Crippen molar-refractivity contribution in [1.29, 1.82) is 0 Å². The van der Waals surface area contributed by atoms with Gasteiger partial charge in [0.1, 0.15) is 17.4 Å². The molecule has 0 aliphatic carbocycles. The number of anilines is 1. The number of carboxylic acid groups (broad SMARTS) is 1. The van der Waals surface area contributed by atoms with Gasteiger partial charge in [-0.1, -0.05) is 10.4 Å². The summed E-state index contributed by atoms with van der Waals surface area (Å²) in [5.41, 5.74) is 6.87. The van der Waals surface area contributed by atoms with Gasteiger partial charge in [-0.05, 0) is 13.8 Å². The number of nitrogens with zero attached hydrogens (tertiary/aromatic N) is 6. The monoisotopic (exact) mass is 589 g/mol. The fourth-order valence-corrected chi connectivity index (χ4v) is 4.55. The number of nitrogen functional groups attached to an aromatic ring is 1. The molecule has 2 unspecified atom stereocenters. The highest BCUT2D eigenvalue weighted by atomic mass is 32.2. The van der Waals surface area contributed by atoms with Crippen LogP contribution in [0.25, 0.3) is 0 Å². The summed E-state index contributed by atoms with van der Waals surface area (Å²) in [4.78, 5) is 57.4. The predicted molar refractivity (Wildman–Crippen MR) is 130 cm³/mol. The SMILES string of the molecule is CC(C)(ON=C(C(=O)NC1C(=O)N(S(=O)(=O)O)C1Cn1cc(CNC(=O)C[NH3+])nn1)c1csc(N)n1)C(=O)O. The number of aliphatic carboxylic acids is 1. The maximum Gasteiger partial charge on any atom is 0.362 e. The van der Waals surface area contributed by atoms with E-state index < -0.39 is 51.5 Å². The maximum absolute atomic E-state index is 13.1. The molecule has 3 amide bonds. The number of quaternary nitrogens is 1. The van der Waals surface area contributed by atoms with Gasteiger partial charge in [0.05, 0.1) is 25.3 Å². The minimum Gasteiger partial charge on any atom is -0.478 e. The number of thiazole rings is 1. The summed E-state index contributed by atoms with van der Waals surface area (Å²) >= 11 is 0.943. The number of carboxylic acids is 1. The van der Waals surface area contributed by atoms with E-state index in [4.69, 9.17) is 10.6 Å². The fraction of sp³-hybridized carbons (Fsp3) is 0.444. The molecule has 21 heteroatoms. The first-order valence-electron chi connectivity index (χ1n) is 10.9. The van der Waals surface area contributed by atoms with Gasteiger partial charge in [-0.2, -0.15) is 8.42 Å². The molecule has 39 heavy (non-hydrogen) atoms. The molecule has 1 aliphatic heterocycles. The van der Waals surface area contributed by atoms with Crippen LogP contribution in [0.5, 0.6) is 0 Å². The van der Waals surface area contributed by atoms with E-state index in [-0.39, 0.29) is 40.7 Å². The Morgan fingerprint density at radius 1 is 1.36 bits per heavy atom. The van der Waals surface area contributed by atoms with E-state index in [1.807, 2.05) is 0 Å². The molecule has 19 nitrogen and oxygen atoms in total. The molecule has 0 radical (unpaired) electrons. The van der Waals surface area contributed by atoms with Gasteiger partial charge < -0.3 is 32.0 Å². The van der Waals surface area contributed by atoms with Gasteiger partial charge in [0.15, 0.2) is 17.4 Å². The van der Waals surface area contributed by atoms with Crippen molar-refractivity contribution in [1.82, 2.24) is 34.9 Å². The maximum atomic E-state index is 13.1. The van der Waals surface area contributed by atoms with Gasteiger partial charge >= 0.3 is 16.3 Å². The zero-order chi connectivity index (χ0) is 29.1. The molecule has 0 saturated carbocycles. The molecule has 0 spiro atoms. The van der Waals surface area contributed by atoms with E-state index in [1.165, 1.54) is 25.4 Å². The first-order chi connectivity index (χ1) is 18.1. The molecule has 212 valence electrons. The van der Waals surface area contributed by atoms with Gasteiger partial charge in [-0.3, -0.25) is 18.9 Å². The van der Waals surface area contributed by atoms with Crippen LogP contribution in [0.3, 0.4) is 0 Å². The van der Waals surface area contributed by atoms with E-state index in [2.05, 4.69) is 36.8 Å². The number of hydrogen-bond acceptors (Lipinski definition) is 13. The number of nitrogens with one attached hydrogen (secondary N) is 2. The van der Waals surface area contributed by atoms with Crippen LogP contribution in [-0.2, 0) is 47.4 Å². The molecule has 2 aromatic rings. The Balaban J connectivity index is 1.84. The summed E-state index contributed by atoms with van der Waals surface area (Å²) in [5.74, 6) is -3.97. The van der Waals surface area contributed by atoms with Crippen molar-refractivity contribution in [2.45, 2.75) is 44.6 Å². The number of carbonyl (C=O) groups is 4. The Morgan fingerprint density at radius 2 is 2.05 bits per heavy atom. The lowest BCUT2D eigenvalue weighted by atomic mass is 9.98. The van der Waals surface area contributed by atoms with Crippen molar-refractivity contribution in [3.05, 3.63) is 23.0 Å². The topological polar surface area (TPSA) is 289 Å². The van der Waals surface area contributed by atoms with E-state index >= 15 is 0 Å². The van der Waals surface area contributed by atoms with Crippen molar-refractivity contribution in [3.63, 3.8) is 0 Å². The Bertz CT molecular complexity index is 1420. The second kappa shape index (κ2) is 11.3. The summed E-state index contributed by atoms with van der Waals surface area (Å²) < 4.78 is 34.5. The van der Waals surface area contributed by atoms with E-state index in [9.17, 15) is 37.3 Å². The average Bonchev–Trinajstić information content (AvgIpc) is 3.48. The molecule has 3 heterocycles. The average molecular weight is 590 g/mol. The van der Waals surface area contributed by atoms with E-state index in [0.717, 1.165) is 16.0 Å². The van der Waals surface area contributed by atoms with Crippen molar-refractivity contribution in [2.75, 3.05) is 12.3 Å².